The predicted octanol–water partition coefficient (Wildman–Crippen LogP) is 3.30. The normalized spacial score (nSPS) is 20.3. The van der Waals surface area contributed by atoms with Gasteiger partial charge in [0, 0.05) is 12.3 Å². The first-order valence-electron chi connectivity index (χ1n) is 6.33. The molecule has 0 aromatic carbocycles. The van der Waals surface area contributed by atoms with Crippen molar-refractivity contribution in [3.63, 3.8) is 0 Å². The Hall–Kier alpha value is -2.29. The molecule has 1 fully saturated rings. The minimum atomic E-state index is -4.31. The number of hydrogen-bond acceptors (Lipinski definition) is 5. The average Bonchev–Trinajstić information content (AvgIpc) is 3.17. The van der Waals surface area contributed by atoms with E-state index in [0.717, 1.165) is 6.08 Å². The molecule has 0 aliphatic heterocycles. The monoisotopic (exact) mass is 349 g/mol. The van der Waals surface area contributed by atoms with E-state index in [1.54, 1.807) is 0 Å². The van der Waals surface area contributed by atoms with Gasteiger partial charge < -0.3 is 15.2 Å². The lowest BCUT2D eigenvalue weighted by Crippen LogP contribution is -2.16. The molecule has 1 heterocycles. The highest BCUT2D eigenvalue weighted by atomic mass is 35.5. The highest BCUT2D eigenvalue weighted by molar-refractivity contribution is 6.32. The van der Waals surface area contributed by atoms with Gasteiger partial charge in [0.25, 0.3) is 0 Å². The first-order valence-corrected chi connectivity index (χ1v) is 6.71. The zero-order valence-corrected chi connectivity index (χ0v) is 12.1. The summed E-state index contributed by atoms with van der Waals surface area (Å²) in [6.45, 7) is 0. The maximum absolute atomic E-state index is 12.3. The van der Waals surface area contributed by atoms with Crippen molar-refractivity contribution in [2.24, 2.45) is 5.92 Å². The average molecular weight is 350 g/mol. The lowest BCUT2D eigenvalue weighted by Gasteiger charge is -2.06. The van der Waals surface area contributed by atoms with E-state index in [9.17, 15) is 18.0 Å². The molecule has 23 heavy (non-hydrogen) atoms. The lowest BCUT2D eigenvalue weighted by atomic mass is 10.3. The molecule has 3 N–H and O–H groups in total. The van der Waals surface area contributed by atoms with Crippen LogP contribution in [-0.4, -0.2) is 34.2 Å². The smallest absolute Gasteiger partial charge is 0.395 e. The molecule has 1 aromatic heterocycles. The Morgan fingerprint density at radius 3 is 2.74 bits per heavy atom. The number of pyridine rings is 1. The third-order valence-corrected chi connectivity index (χ3v) is 3.26. The van der Waals surface area contributed by atoms with Crippen LogP contribution in [0, 0.1) is 11.3 Å². The highest BCUT2D eigenvalue weighted by Crippen LogP contribution is 2.46. The largest absolute Gasteiger partial charge is 0.478 e. The number of alkyl halides is 3. The van der Waals surface area contributed by atoms with Crippen LogP contribution in [0.5, 0.6) is 0 Å². The highest BCUT2D eigenvalue weighted by Gasteiger charge is 2.57. The molecule has 0 saturated heterocycles. The Morgan fingerprint density at radius 2 is 2.22 bits per heavy atom. The van der Waals surface area contributed by atoms with Crippen LogP contribution < -0.4 is 5.32 Å². The van der Waals surface area contributed by atoms with Crippen LogP contribution in [0.25, 0.3) is 0 Å². The molecule has 0 radical (unpaired) electrons. The molecule has 2 rings (SSSR count). The van der Waals surface area contributed by atoms with Gasteiger partial charge in [-0.1, -0.05) is 11.6 Å². The number of aromatic carboxylic acids is 1. The predicted molar refractivity (Wildman–Crippen MR) is 75.7 cm³/mol. The maximum atomic E-state index is 12.3. The van der Waals surface area contributed by atoms with Crippen molar-refractivity contribution in [3.8, 4) is 0 Å². The van der Waals surface area contributed by atoms with Gasteiger partial charge in [0.15, 0.2) is 0 Å². The summed E-state index contributed by atoms with van der Waals surface area (Å²) in [6.07, 6.45) is -3.13. The fraction of sp³-hybridized carbons (Fsp3) is 0.308. The Bertz CT molecular complexity index is 664. The quantitative estimate of drug-likeness (QED) is 0.430. The molecular weight excluding hydrogens is 339 g/mol. The van der Waals surface area contributed by atoms with Crippen molar-refractivity contribution in [1.82, 2.24) is 4.98 Å². The number of nitrogens with zero attached hydrogens (tertiary/aromatic N) is 1. The molecule has 1 aromatic rings. The second-order valence-electron chi connectivity index (χ2n) is 4.72. The molecule has 0 spiro atoms. The Morgan fingerprint density at radius 1 is 1.52 bits per heavy atom. The van der Waals surface area contributed by atoms with E-state index in [1.165, 1.54) is 18.3 Å². The van der Waals surface area contributed by atoms with Crippen LogP contribution in [-0.2, 0) is 4.74 Å². The summed E-state index contributed by atoms with van der Waals surface area (Å²) in [4.78, 5) is 14.5. The molecule has 0 amide bonds. The summed E-state index contributed by atoms with van der Waals surface area (Å²) in [5.74, 6) is -2.96. The third-order valence-electron chi connectivity index (χ3n) is 2.98. The van der Waals surface area contributed by atoms with Gasteiger partial charge in [-0.15, -0.1) is 0 Å². The number of carbonyl (C=O) groups is 1. The van der Waals surface area contributed by atoms with Gasteiger partial charge in [-0.05, 0) is 18.6 Å². The maximum Gasteiger partial charge on any atom is 0.395 e. The fourth-order valence-electron chi connectivity index (χ4n) is 1.73. The number of carboxylic acid groups (broad SMARTS) is 1. The Kier molecular flexibility index (Phi) is 4.79. The zero-order chi connectivity index (χ0) is 17.2. The molecule has 1 saturated carbocycles. The van der Waals surface area contributed by atoms with Gasteiger partial charge >= 0.3 is 12.1 Å². The number of carboxylic acids is 1. The van der Waals surface area contributed by atoms with Crippen LogP contribution >= 0.6 is 11.6 Å². The van der Waals surface area contributed by atoms with E-state index in [0.29, 0.717) is 0 Å². The van der Waals surface area contributed by atoms with Gasteiger partial charge in [-0.25, -0.2) is 9.78 Å². The Balaban J connectivity index is 1.84. The second kappa shape index (κ2) is 6.45. The van der Waals surface area contributed by atoms with Crippen molar-refractivity contribution in [2.45, 2.75) is 18.7 Å². The first-order chi connectivity index (χ1) is 10.7. The summed E-state index contributed by atoms with van der Waals surface area (Å²) in [7, 11) is 0. The van der Waals surface area contributed by atoms with Crippen molar-refractivity contribution >= 4 is 29.3 Å². The Labute approximate surface area is 133 Å². The van der Waals surface area contributed by atoms with Gasteiger partial charge in [-0.2, -0.15) is 13.2 Å². The molecular formula is C13H11ClF3N3O3. The minimum absolute atomic E-state index is 0.152. The molecule has 6 nitrogen and oxygen atoms in total. The van der Waals surface area contributed by atoms with Crippen LogP contribution in [0.3, 0.4) is 0 Å². The van der Waals surface area contributed by atoms with Crippen LogP contribution in [0.15, 0.2) is 24.4 Å². The number of nitrogens with one attached hydrogen (secondary N) is 2. The number of ether oxygens (including phenoxy) is 1. The van der Waals surface area contributed by atoms with Gasteiger partial charge in [0.2, 0.25) is 5.90 Å². The van der Waals surface area contributed by atoms with Crippen LogP contribution in [0.2, 0.25) is 5.15 Å². The zero-order valence-electron chi connectivity index (χ0n) is 11.4. The second-order valence-corrected chi connectivity index (χ2v) is 5.08. The van der Waals surface area contributed by atoms with E-state index >= 15 is 0 Å². The van der Waals surface area contributed by atoms with Gasteiger partial charge in [0.05, 0.1) is 11.5 Å². The fourth-order valence-corrected chi connectivity index (χ4v) is 1.96. The summed E-state index contributed by atoms with van der Waals surface area (Å²) in [6, 6.07) is 2.60. The van der Waals surface area contributed by atoms with E-state index in [1.807, 2.05) is 0 Å². The van der Waals surface area contributed by atoms with E-state index < -0.39 is 30.1 Å². The molecule has 2 atom stereocenters. The topological polar surface area (TPSA) is 95.3 Å². The molecule has 0 bridgehead atoms. The summed E-state index contributed by atoms with van der Waals surface area (Å²) in [5.41, 5.74) is -0.163. The van der Waals surface area contributed by atoms with Crippen molar-refractivity contribution in [1.29, 1.82) is 5.41 Å². The van der Waals surface area contributed by atoms with Gasteiger partial charge in [0.1, 0.15) is 17.1 Å². The van der Waals surface area contributed by atoms with E-state index in [4.69, 9.17) is 26.9 Å². The number of halogens is 4. The number of anilines is 1. The number of hydrogen-bond donors (Lipinski definition) is 3. The summed E-state index contributed by atoms with van der Waals surface area (Å²) in [5, 5.41) is 18.6. The molecule has 10 heteroatoms. The van der Waals surface area contributed by atoms with Crippen molar-refractivity contribution < 1.29 is 27.8 Å². The molecule has 1 aliphatic carbocycles. The summed E-state index contributed by atoms with van der Waals surface area (Å²) < 4.78 is 41.7. The SMILES string of the molecule is N=C(/C=C\Nc1ccc(C(=O)O)c(Cl)n1)O[C@@H]1C[C@@H]1C(F)(F)F. The van der Waals surface area contributed by atoms with Crippen LogP contribution in [0.4, 0.5) is 19.0 Å². The molecule has 1 aliphatic rings. The van der Waals surface area contributed by atoms with Crippen molar-refractivity contribution in [3.05, 3.63) is 35.1 Å². The first kappa shape index (κ1) is 17.1. The standard InChI is InChI=1S/C13H11ClF3N3O3/c14-11-6(12(21)22)1-2-10(20-11)19-4-3-9(18)23-8-5-7(8)13(15,16)17/h1-4,7-8,18H,5H2,(H,19,20)(H,21,22)/b4-3-,18-9?/t7-,8+/m0/s1. The van der Waals surface area contributed by atoms with E-state index in [2.05, 4.69) is 10.3 Å². The third kappa shape index (κ3) is 4.59. The molecule has 0 unspecified atom stereocenters. The summed E-state index contributed by atoms with van der Waals surface area (Å²) >= 11 is 5.67. The molecule has 124 valence electrons. The van der Waals surface area contributed by atoms with Crippen molar-refractivity contribution in [2.75, 3.05) is 5.32 Å². The van der Waals surface area contributed by atoms with Crippen LogP contribution in [0.1, 0.15) is 16.8 Å². The van der Waals surface area contributed by atoms with Gasteiger partial charge in [-0.3, -0.25) is 5.41 Å². The lowest BCUT2D eigenvalue weighted by molar-refractivity contribution is -0.153. The number of rotatable bonds is 5. The number of aromatic nitrogens is 1. The van der Waals surface area contributed by atoms with E-state index in [-0.39, 0.29) is 23.0 Å². The minimum Gasteiger partial charge on any atom is -0.478 e.